The molecule has 1 aromatic carbocycles. The Morgan fingerprint density at radius 3 is 2.70 bits per heavy atom. The topological polar surface area (TPSA) is 15.3 Å². The monoisotopic (exact) mass is 338 g/mol. The van der Waals surface area contributed by atoms with E-state index >= 15 is 0 Å². The highest BCUT2D eigenvalue weighted by atomic mass is 79.9. The zero-order valence-electron chi connectivity index (χ0n) is 13.1. The molecule has 1 N–H and O–H groups in total. The van der Waals surface area contributed by atoms with Crippen LogP contribution in [0.3, 0.4) is 0 Å². The summed E-state index contributed by atoms with van der Waals surface area (Å²) in [4.78, 5) is 2.60. The summed E-state index contributed by atoms with van der Waals surface area (Å²) in [5.41, 5.74) is 2.70. The summed E-state index contributed by atoms with van der Waals surface area (Å²) in [5.74, 6) is 0. The molecule has 1 aromatic rings. The number of nitrogens with zero attached hydrogens (tertiary/aromatic N) is 1. The van der Waals surface area contributed by atoms with Crippen LogP contribution in [-0.2, 0) is 6.54 Å². The lowest BCUT2D eigenvalue weighted by Gasteiger charge is -2.31. The van der Waals surface area contributed by atoms with Crippen molar-refractivity contribution in [1.82, 2.24) is 5.32 Å². The van der Waals surface area contributed by atoms with Gasteiger partial charge in [-0.15, -0.1) is 0 Å². The van der Waals surface area contributed by atoms with E-state index in [1.807, 2.05) is 0 Å². The van der Waals surface area contributed by atoms with Gasteiger partial charge in [-0.1, -0.05) is 26.8 Å². The molecule has 0 bridgehead atoms. The van der Waals surface area contributed by atoms with Crippen LogP contribution in [0.15, 0.2) is 22.7 Å². The third-order valence-corrected chi connectivity index (χ3v) is 4.90. The van der Waals surface area contributed by atoms with Crippen molar-refractivity contribution in [2.75, 3.05) is 4.90 Å². The number of hydrogen-bond acceptors (Lipinski definition) is 2. The molecule has 1 fully saturated rings. The van der Waals surface area contributed by atoms with E-state index in [0.29, 0.717) is 18.1 Å². The zero-order chi connectivity index (χ0) is 14.7. The van der Waals surface area contributed by atoms with Crippen LogP contribution in [0.25, 0.3) is 0 Å². The first-order valence-electron chi connectivity index (χ1n) is 7.83. The summed E-state index contributed by atoms with van der Waals surface area (Å²) >= 11 is 3.78. The van der Waals surface area contributed by atoms with Crippen molar-refractivity contribution in [3.63, 3.8) is 0 Å². The molecule has 2 atom stereocenters. The van der Waals surface area contributed by atoms with E-state index in [0.717, 1.165) is 6.54 Å². The first-order chi connectivity index (χ1) is 9.52. The van der Waals surface area contributed by atoms with E-state index in [2.05, 4.69) is 72.0 Å². The van der Waals surface area contributed by atoms with Crippen LogP contribution in [0.1, 0.15) is 52.5 Å². The molecule has 1 aliphatic heterocycles. The van der Waals surface area contributed by atoms with Crippen molar-refractivity contribution in [2.45, 2.75) is 71.6 Å². The second-order valence-electron chi connectivity index (χ2n) is 6.22. The van der Waals surface area contributed by atoms with E-state index in [1.54, 1.807) is 0 Å². The van der Waals surface area contributed by atoms with Crippen molar-refractivity contribution in [1.29, 1.82) is 0 Å². The fourth-order valence-corrected chi connectivity index (χ4v) is 3.73. The summed E-state index contributed by atoms with van der Waals surface area (Å²) in [6.45, 7) is 9.94. The van der Waals surface area contributed by atoms with E-state index < -0.39 is 0 Å². The van der Waals surface area contributed by atoms with Gasteiger partial charge < -0.3 is 10.2 Å². The smallest absolute Gasteiger partial charge is 0.0515 e. The Bertz CT molecular complexity index is 445. The van der Waals surface area contributed by atoms with Crippen LogP contribution >= 0.6 is 15.9 Å². The third kappa shape index (κ3) is 3.56. The Kier molecular flexibility index (Phi) is 5.50. The number of nitrogens with one attached hydrogen (secondary N) is 1. The van der Waals surface area contributed by atoms with Crippen LogP contribution in [0.4, 0.5) is 5.69 Å². The van der Waals surface area contributed by atoms with Gasteiger partial charge in [0.25, 0.3) is 0 Å². The molecule has 1 aliphatic rings. The van der Waals surface area contributed by atoms with Gasteiger partial charge in [0.2, 0.25) is 0 Å². The Morgan fingerprint density at radius 2 is 2.10 bits per heavy atom. The molecule has 0 spiro atoms. The first-order valence-corrected chi connectivity index (χ1v) is 8.62. The van der Waals surface area contributed by atoms with Crippen LogP contribution in [-0.4, -0.2) is 18.1 Å². The molecule has 112 valence electrons. The second kappa shape index (κ2) is 6.95. The van der Waals surface area contributed by atoms with Crippen LogP contribution < -0.4 is 10.2 Å². The van der Waals surface area contributed by atoms with E-state index in [1.165, 1.54) is 35.0 Å². The molecule has 1 saturated heterocycles. The molecule has 2 nitrogen and oxygen atoms in total. The molecule has 3 heteroatoms. The molecular weight excluding hydrogens is 312 g/mol. The van der Waals surface area contributed by atoms with Gasteiger partial charge in [0.05, 0.1) is 5.69 Å². The Morgan fingerprint density at radius 1 is 1.35 bits per heavy atom. The molecule has 2 unspecified atom stereocenters. The van der Waals surface area contributed by atoms with Gasteiger partial charge in [0, 0.05) is 29.1 Å². The van der Waals surface area contributed by atoms with E-state index in [4.69, 9.17) is 0 Å². The Labute approximate surface area is 132 Å². The predicted octanol–water partition coefficient (Wildman–Crippen LogP) is 4.71. The van der Waals surface area contributed by atoms with Gasteiger partial charge in [0.1, 0.15) is 0 Å². The SMILES string of the molecule is CCC1CCC(C)N1c1ccc(CNC(C)C)cc1Br. The van der Waals surface area contributed by atoms with Crippen molar-refractivity contribution in [3.05, 3.63) is 28.2 Å². The zero-order valence-corrected chi connectivity index (χ0v) is 14.7. The largest absolute Gasteiger partial charge is 0.365 e. The van der Waals surface area contributed by atoms with Crippen LogP contribution in [0, 0.1) is 0 Å². The molecule has 0 amide bonds. The average Bonchev–Trinajstić information content (AvgIpc) is 2.77. The highest BCUT2D eigenvalue weighted by molar-refractivity contribution is 9.10. The van der Waals surface area contributed by atoms with Gasteiger partial charge >= 0.3 is 0 Å². The molecule has 1 heterocycles. The van der Waals surface area contributed by atoms with Crippen molar-refractivity contribution < 1.29 is 0 Å². The maximum atomic E-state index is 3.78. The molecule has 0 saturated carbocycles. The van der Waals surface area contributed by atoms with Crippen LogP contribution in [0.5, 0.6) is 0 Å². The molecule has 0 radical (unpaired) electrons. The number of halogens is 1. The van der Waals surface area contributed by atoms with E-state index in [-0.39, 0.29) is 0 Å². The quantitative estimate of drug-likeness (QED) is 0.835. The molecule has 20 heavy (non-hydrogen) atoms. The number of hydrogen-bond donors (Lipinski definition) is 1. The average molecular weight is 339 g/mol. The lowest BCUT2D eigenvalue weighted by Crippen LogP contribution is -2.34. The Balaban J connectivity index is 2.16. The first kappa shape index (κ1) is 15.8. The highest BCUT2D eigenvalue weighted by Crippen LogP contribution is 2.36. The number of benzene rings is 1. The molecular formula is C17H27BrN2. The summed E-state index contributed by atoms with van der Waals surface area (Å²) in [5, 5.41) is 3.47. The van der Waals surface area contributed by atoms with Gasteiger partial charge in [-0.3, -0.25) is 0 Å². The minimum absolute atomic E-state index is 0.525. The molecule has 0 aromatic heterocycles. The highest BCUT2D eigenvalue weighted by Gasteiger charge is 2.30. The summed E-state index contributed by atoms with van der Waals surface area (Å²) in [6, 6.07) is 8.68. The summed E-state index contributed by atoms with van der Waals surface area (Å²) < 4.78 is 1.23. The molecule has 0 aliphatic carbocycles. The number of rotatable bonds is 5. The van der Waals surface area contributed by atoms with Crippen LogP contribution in [0.2, 0.25) is 0 Å². The van der Waals surface area contributed by atoms with Gasteiger partial charge in [-0.25, -0.2) is 0 Å². The van der Waals surface area contributed by atoms with Crippen molar-refractivity contribution in [3.8, 4) is 0 Å². The van der Waals surface area contributed by atoms with Gasteiger partial charge in [0.15, 0.2) is 0 Å². The van der Waals surface area contributed by atoms with Gasteiger partial charge in [-0.2, -0.15) is 0 Å². The number of anilines is 1. The Hall–Kier alpha value is -0.540. The predicted molar refractivity (Wildman–Crippen MR) is 91.4 cm³/mol. The lowest BCUT2D eigenvalue weighted by molar-refractivity contribution is 0.588. The standard InChI is InChI=1S/C17H27BrN2/c1-5-15-8-6-13(4)20(15)17-9-7-14(10-16(17)18)11-19-12(2)3/h7,9-10,12-13,15,19H,5-6,8,11H2,1-4H3. The van der Waals surface area contributed by atoms with Crippen molar-refractivity contribution in [2.24, 2.45) is 0 Å². The minimum atomic E-state index is 0.525. The van der Waals surface area contributed by atoms with Gasteiger partial charge in [-0.05, 0) is 59.8 Å². The normalized spacial score (nSPS) is 22.8. The summed E-state index contributed by atoms with van der Waals surface area (Å²) in [7, 11) is 0. The molecule has 2 rings (SSSR count). The van der Waals surface area contributed by atoms with Crippen molar-refractivity contribution >= 4 is 21.6 Å². The fourth-order valence-electron chi connectivity index (χ4n) is 3.10. The fraction of sp³-hybridized carbons (Fsp3) is 0.647. The lowest BCUT2D eigenvalue weighted by atomic mass is 10.1. The minimum Gasteiger partial charge on any atom is -0.365 e. The maximum absolute atomic E-state index is 3.78. The van der Waals surface area contributed by atoms with E-state index in [9.17, 15) is 0 Å². The summed E-state index contributed by atoms with van der Waals surface area (Å²) in [6.07, 6.45) is 3.86. The second-order valence-corrected chi connectivity index (χ2v) is 7.07. The third-order valence-electron chi connectivity index (χ3n) is 4.26. The maximum Gasteiger partial charge on any atom is 0.0515 e.